The standard InChI is InChI=1S/C27H21N3O4/c28-27(33)20-7-4-8-21-25(20)26-22(13-29-14-23(26)34-16-24(31)32)30(21)15-17-9-11-19(12-10-17)18-5-2-1-3-6-18/h1-14H,15-16H2,(H2,28,33)(H,31,32). The van der Waals surface area contributed by atoms with Gasteiger partial charge in [0.2, 0.25) is 5.91 Å². The first kappa shape index (κ1) is 21.2. The maximum atomic E-state index is 12.2. The molecule has 0 bridgehead atoms. The van der Waals surface area contributed by atoms with Crippen molar-refractivity contribution >= 4 is 33.7 Å². The molecule has 0 spiro atoms. The Labute approximate surface area is 195 Å². The second-order valence-corrected chi connectivity index (χ2v) is 7.93. The number of rotatable bonds is 7. The minimum Gasteiger partial charge on any atom is -0.480 e. The second-order valence-electron chi connectivity index (χ2n) is 7.93. The highest BCUT2D eigenvalue weighted by Gasteiger charge is 2.20. The van der Waals surface area contributed by atoms with E-state index in [4.69, 9.17) is 15.6 Å². The Hall–Kier alpha value is -4.65. The van der Waals surface area contributed by atoms with Crippen LogP contribution in [0.1, 0.15) is 15.9 Å². The number of nitrogens with zero attached hydrogens (tertiary/aromatic N) is 2. The van der Waals surface area contributed by atoms with E-state index in [1.54, 1.807) is 18.3 Å². The third-order valence-electron chi connectivity index (χ3n) is 5.78. The summed E-state index contributed by atoms with van der Waals surface area (Å²) in [6.45, 7) is -0.00545. The van der Waals surface area contributed by atoms with Crippen LogP contribution in [-0.2, 0) is 11.3 Å². The molecule has 5 aromatic rings. The summed E-state index contributed by atoms with van der Waals surface area (Å²) in [4.78, 5) is 27.6. The molecule has 0 saturated heterocycles. The first-order valence-corrected chi connectivity index (χ1v) is 10.7. The Bertz CT molecular complexity index is 1520. The fourth-order valence-electron chi connectivity index (χ4n) is 4.28. The lowest BCUT2D eigenvalue weighted by atomic mass is 10.0. The molecule has 0 unspecified atom stereocenters. The van der Waals surface area contributed by atoms with Gasteiger partial charge in [-0.15, -0.1) is 0 Å². The fraction of sp³-hybridized carbons (Fsp3) is 0.0741. The Balaban J connectivity index is 1.65. The molecule has 7 heteroatoms. The van der Waals surface area contributed by atoms with Gasteiger partial charge in [-0.2, -0.15) is 0 Å². The molecule has 3 N–H and O–H groups in total. The van der Waals surface area contributed by atoms with Crippen molar-refractivity contribution in [2.75, 3.05) is 6.61 Å². The van der Waals surface area contributed by atoms with Gasteiger partial charge in [-0.1, -0.05) is 60.7 Å². The van der Waals surface area contributed by atoms with E-state index in [0.29, 0.717) is 22.9 Å². The minimum absolute atomic E-state index is 0.289. The van der Waals surface area contributed by atoms with Gasteiger partial charge >= 0.3 is 5.97 Å². The Morgan fingerprint density at radius 1 is 0.853 bits per heavy atom. The maximum absolute atomic E-state index is 12.2. The maximum Gasteiger partial charge on any atom is 0.341 e. The Morgan fingerprint density at radius 3 is 2.29 bits per heavy atom. The van der Waals surface area contributed by atoms with Crippen LogP contribution in [0.4, 0.5) is 0 Å². The van der Waals surface area contributed by atoms with Crippen molar-refractivity contribution < 1.29 is 19.4 Å². The number of aromatic nitrogens is 2. The lowest BCUT2D eigenvalue weighted by Crippen LogP contribution is -2.11. The highest BCUT2D eigenvalue weighted by atomic mass is 16.5. The summed E-state index contributed by atoms with van der Waals surface area (Å²) < 4.78 is 7.56. The molecule has 0 radical (unpaired) electrons. The van der Waals surface area contributed by atoms with Crippen molar-refractivity contribution in [1.29, 1.82) is 0 Å². The van der Waals surface area contributed by atoms with E-state index in [0.717, 1.165) is 27.7 Å². The van der Waals surface area contributed by atoms with Crippen molar-refractivity contribution in [3.63, 3.8) is 0 Å². The zero-order valence-electron chi connectivity index (χ0n) is 18.1. The minimum atomic E-state index is -1.10. The molecule has 3 aromatic carbocycles. The second kappa shape index (κ2) is 8.71. The molecule has 0 aliphatic carbocycles. The number of aliphatic carboxylic acids is 1. The van der Waals surface area contributed by atoms with E-state index < -0.39 is 18.5 Å². The topological polar surface area (TPSA) is 107 Å². The number of fused-ring (bicyclic) bond motifs is 3. The molecule has 2 heterocycles. The Kier molecular flexibility index (Phi) is 5.43. The zero-order chi connectivity index (χ0) is 23.7. The fourth-order valence-corrected chi connectivity index (χ4v) is 4.28. The lowest BCUT2D eigenvalue weighted by molar-refractivity contribution is -0.139. The van der Waals surface area contributed by atoms with Gasteiger partial charge in [0.25, 0.3) is 0 Å². The van der Waals surface area contributed by atoms with E-state index in [-0.39, 0.29) is 5.75 Å². The molecule has 34 heavy (non-hydrogen) atoms. The van der Waals surface area contributed by atoms with Crippen LogP contribution in [0, 0.1) is 0 Å². The van der Waals surface area contributed by atoms with Crippen LogP contribution in [0.5, 0.6) is 5.75 Å². The van der Waals surface area contributed by atoms with E-state index in [1.165, 1.54) is 6.20 Å². The quantitative estimate of drug-likeness (QED) is 0.380. The number of primary amides is 1. The number of ether oxygens (including phenoxy) is 1. The molecule has 0 aliphatic rings. The van der Waals surface area contributed by atoms with Crippen LogP contribution in [0.3, 0.4) is 0 Å². The predicted octanol–water partition coefficient (Wildman–Crippen LogP) is 4.47. The first-order chi connectivity index (χ1) is 16.5. The van der Waals surface area contributed by atoms with E-state index in [2.05, 4.69) is 41.4 Å². The zero-order valence-corrected chi connectivity index (χ0v) is 18.1. The monoisotopic (exact) mass is 451 g/mol. The van der Waals surface area contributed by atoms with E-state index >= 15 is 0 Å². The largest absolute Gasteiger partial charge is 0.480 e. The van der Waals surface area contributed by atoms with Crippen molar-refractivity contribution in [2.24, 2.45) is 5.73 Å². The van der Waals surface area contributed by atoms with Crippen LogP contribution in [0.2, 0.25) is 0 Å². The van der Waals surface area contributed by atoms with Gasteiger partial charge in [0, 0.05) is 17.5 Å². The molecule has 0 saturated carbocycles. The summed E-state index contributed by atoms with van der Waals surface area (Å²) in [7, 11) is 0. The number of benzene rings is 3. The van der Waals surface area contributed by atoms with Gasteiger partial charge in [-0.05, 0) is 28.8 Å². The van der Waals surface area contributed by atoms with Crippen molar-refractivity contribution in [3.8, 4) is 16.9 Å². The summed E-state index contributed by atoms with van der Waals surface area (Å²) in [5, 5.41) is 10.3. The molecule has 0 atom stereocenters. The van der Waals surface area contributed by atoms with Crippen molar-refractivity contribution in [1.82, 2.24) is 9.55 Å². The number of carbonyl (C=O) groups is 2. The van der Waals surface area contributed by atoms with Crippen LogP contribution >= 0.6 is 0 Å². The Morgan fingerprint density at radius 2 is 1.59 bits per heavy atom. The molecule has 2 aromatic heterocycles. The summed E-state index contributed by atoms with van der Waals surface area (Å²) in [5.41, 5.74) is 10.8. The number of amides is 1. The average Bonchev–Trinajstić information content (AvgIpc) is 3.18. The molecule has 7 nitrogen and oxygen atoms in total. The summed E-state index contributed by atoms with van der Waals surface area (Å²) in [5.74, 6) is -1.39. The van der Waals surface area contributed by atoms with E-state index in [9.17, 15) is 9.59 Å². The van der Waals surface area contributed by atoms with Crippen molar-refractivity contribution in [3.05, 3.63) is 96.3 Å². The highest BCUT2D eigenvalue weighted by Crippen LogP contribution is 2.37. The van der Waals surface area contributed by atoms with Gasteiger partial charge in [-0.3, -0.25) is 9.78 Å². The number of carbonyl (C=O) groups excluding carboxylic acids is 1. The SMILES string of the molecule is NC(=O)c1cccc2c1c1c(OCC(=O)O)cncc1n2Cc1ccc(-c2ccccc2)cc1. The van der Waals surface area contributed by atoms with Crippen LogP contribution < -0.4 is 10.5 Å². The van der Waals surface area contributed by atoms with Crippen LogP contribution in [0.15, 0.2) is 85.2 Å². The van der Waals surface area contributed by atoms with E-state index in [1.807, 2.05) is 28.8 Å². The summed E-state index contributed by atoms with van der Waals surface area (Å²) >= 11 is 0. The summed E-state index contributed by atoms with van der Waals surface area (Å²) in [6.07, 6.45) is 3.15. The van der Waals surface area contributed by atoms with Gasteiger partial charge in [0.05, 0.1) is 28.8 Å². The molecular formula is C27H21N3O4. The van der Waals surface area contributed by atoms with Gasteiger partial charge in [-0.25, -0.2) is 4.79 Å². The van der Waals surface area contributed by atoms with Crippen LogP contribution in [0.25, 0.3) is 32.9 Å². The first-order valence-electron chi connectivity index (χ1n) is 10.7. The number of carboxylic acids is 1. The van der Waals surface area contributed by atoms with Gasteiger partial charge in [0.15, 0.2) is 6.61 Å². The number of nitrogens with two attached hydrogens (primary N) is 1. The molecular weight excluding hydrogens is 430 g/mol. The third kappa shape index (κ3) is 3.84. The molecule has 0 aliphatic heterocycles. The van der Waals surface area contributed by atoms with Crippen molar-refractivity contribution in [2.45, 2.75) is 6.54 Å². The predicted molar refractivity (Wildman–Crippen MR) is 130 cm³/mol. The molecule has 1 amide bonds. The highest BCUT2D eigenvalue weighted by molar-refractivity contribution is 6.19. The number of hydrogen-bond acceptors (Lipinski definition) is 4. The summed E-state index contributed by atoms with van der Waals surface area (Å²) in [6, 6.07) is 23.8. The average molecular weight is 451 g/mol. The number of pyridine rings is 1. The lowest BCUT2D eigenvalue weighted by Gasteiger charge is -2.10. The van der Waals surface area contributed by atoms with Gasteiger partial charge in [0.1, 0.15) is 5.75 Å². The smallest absolute Gasteiger partial charge is 0.341 e. The third-order valence-corrected chi connectivity index (χ3v) is 5.78. The number of hydrogen-bond donors (Lipinski definition) is 2. The normalized spacial score (nSPS) is 11.1. The van der Waals surface area contributed by atoms with Crippen LogP contribution in [-0.4, -0.2) is 33.1 Å². The molecule has 168 valence electrons. The number of carboxylic acid groups (broad SMARTS) is 1. The van der Waals surface area contributed by atoms with Gasteiger partial charge < -0.3 is 20.1 Å². The molecule has 0 fully saturated rings. The molecule has 5 rings (SSSR count).